The SMILES string of the molecule is CNCc1cc(-c2ccccc2F)n(S(=O)(=O)c2cncc(OCC(=O)NC)c2)c1. The van der Waals surface area contributed by atoms with Crippen LogP contribution in [0.5, 0.6) is 5.75 Å². The van der Waals surface area contributed by atoms with Gasteiger partial charge in [-0.2, -0.15) is 0 Å². The van der Waals surface area contributed by atoms with Gasteiger partial charge in [0.2, 0.25) is 0 Å². The largest absolute Gasteiger partial charge is 0.482 e. The molecule has 0 radical (unpaired) electrons. The van der Waals surface area contributed by atoms with Gasteiger partial charge >= 0.3 is 0 Å². The Labute approximate surface area is 173 Å². The van der Waals surface area contributed by atoms with Crippen LogP contribution in [0.15, 0.2) is 59.9 Å². The first-order chi connectivity index (χ1) is 14.4. The maximum Gasteiger partial charge on any atom is 0.269 e. The number of pyridine rings is 1. The van der Waals surface area contributed by atoms with Crippen LogP contribution in [0.2, 0.25) is 0 Å². The number of rotatable bonds is 8. The molecule has 10 heteroatoms. The van der Waals surface area contributed by atoms with E-state index in [1.165, 1.54) is 49.9 Å². The maximum absolute atomic E-state index is 14.4. The van der Waals surface area contributed by atoms with Crippen LogP contribution in [0.3, 0.4) is 0 Å². The molecular formula is C20H21FN4O4S. The summed E-state index contributed by atoms with van der Waals surface area (Å²) >= 11 is 0. The van der Waals surface area contributed by atoms with Gasteiger partial charge in [-0.05, 0) is 30.8 Å². The van der Waals surface area contributed by atoms with E-state index in [4.69, 9.17) is 4.74 Å². The zero-order chi connectivity index (χ0) is 21.7. The molecule has 0 bridgehead atoms. The third kappa shape index (κ3) is 4.50. The summed E-state index contributed by atoms with van der Waals surface area (Å²) in [6.07, 6.45) is 3.92. The van der Waals surface area contributed by atoms with Crippen molar-refractivity contribution in [3.05, 3.63) is 66.4 Å². The maximum atomic E-state index is 14.4. The molecule has 0 unspecified atom stereocenters. The number of benzene rings is 1. The van der Waals surface area contributed by atoms with E-state index in [0.29, 0.717) is 12.1 Å². The first-order valence-corrected chi connectivity index (χ1v) is 10.5. The fourth-order valence-electron chi connectivity index (χ4n) is 2.82. The predicted molar refractivity (Wildman–Crippen MR) is 109 cm³/mol. The Bertz CT molecular complexity index is 1160. The van der Waals surface area contributed by atoms with Crippen LogP contribution in [0.25, 0.3) is 11.3 Å². The summed E-state index contributed by atoms with van der Waals surface area (Å²) in [6, 6.07) is 8.84. The molecule has 0 aliphatic carbocycles. The van der Waals surface area contributed by atoms with Crippen molar-refractivity contribution in [1.29, 1.82) is 0 Å². The van der Waals surface area contributed by atoms with Gasteiger partial charge in [-0.15, -0.1) is 0 Å². The van der Waals surface area contributed by atoms with E-state index in [2.05, 4.69) is 15.6 Å². The Morgan fingerprint density at radius 3 is 2.67 bits per heavy atom. The molecule has 3 rings (SSSR count). The molecule has 0 atom stereocenters. The molecule has 2 aromatic heterocycles. The number of ether oxygens (including phenoxy) is 1. The molecule has 0 aliphatic heterocycles. The van der Waals surface area contributed by atoms with E-state index in [1.807, 2.05) is 0 Å². The van der Waals surface area contributed by atoms with Gasteiger partial charge in [-0.25, -0.2) is 16.8 Å². The van der Waals surface area contributed by atoms with Crippen LogP contribution in [0.4, 0.5) is 4.39 Å². The highest BCUT2D eigenvalue weighted by Crippen LogP contribution is 2.29. The molecule has 1 aromatic carbocycles. The fourth-order valence-corrected chi connectivity index (χ4v) is 4.19. The van der Waals surface area contributed by atoms with E-state index in [-0.39, 0.29) is 34.4 Å². The summed E-state index contributed by atoms with van der Waals surface area (Å²) in [5.74, 6) is -0.786. The number of carbonyl (C=O) groups excluding carboxylic acids is 1. The van der Waals surface area contributed by atoms with Crippen LogP contribution < -0.4 is 15.4 Å². The van der Waals surface area contributed by atoms with Crippen LogP contribution >= 0.6 is 0 Å². The number of carbonyl (C=O) groups is 1. The molecule has 0 saturated heterocycles. The number of aromatic nitrogens is 2. The predicted octanol–water partition coefficient (Wildman–Crippen LogP) is 1.77. The monoisotopic (exact) mass is 432 g/mol. The number of nitrogens with one attached hydrogen (secondary N) is 2. The van der Waals surface area contributed by atoms with Crippen molar-refractivity contribution < 1.29 is 22.3 Å². The first-order valence-electron chi connectivity index (χ1n) is 9.01. The number of hydrogen-bond donors (Lipinski definition) is 2. The summed E-state index contributed by atoms with van der Waals surface area (Å²) in [7, 11) is -0.929. The quantitative estimate of drug-likeness (QED) is 0.563. The third-order valence-electron chi connectivity index (χ3n) is 4.27. The Hall–Kier alpha value is -3.24. The van der Waals surface area contributed by atoms with Crippen LogP contribution in [-0.2, 0) is 21.4 Å². The summed E-state index contributed by atoms with van der Waals surface area (Å²) in [5, 5.41) is 5.36. The second-order valence-corrected chi connectivity index (χ2v) is 8.18. The Balaban J connectivity index is 2.06. The number of halogens is 1. The normalized spacial score (nSPS) is 11.3. The highest BCUT2D eigenvalue weighted by atomic mass is 32.2. The smallest absolute Gasteiger partial charge is 0.269 e. The molecule has 30 heavy (non-hydrogen) atoms. The van der Waals surface area contributed by atoms with Gasteiger partial charge in [0.05, 0.1) is 11.9 Å². The van der Waals surface area contributed by atoms with Crippen molar-refractivity contribution in [2.45, 2.75) is 11.4 Å². The second kappa shape index (κ2) is 9.06. The molecule has 1 amide bonds. The minimum atomic E-state index is -4.12. The summed E-state index contributed by atoms with van der Waals surface area (Å²) < 4.78 is 47.4. The van der Waals surface area contributed by atoms with Gasteiger partial charge in [0, 0.05) is 37.6 Å². The van der Waals surface area contributed by atoms with E-state index in [1.54, 1.807) is 19.2 Å². The van der Waals surface area contributed by atoms with Gasteiger partial charge in [-0.3, -0.25) is 9.78 Å². The van der Waals surface area contributed by atoms with Crippen LogP contribution in [0, 0.1) is 5.82 Å². The number of nitrogens with zero attached hydrogens (tertiary/aromatic N) is 2. The lowest BCUT2D eigenvalue weighted by Gasteiger charge is -2.12. The van der Waals surface area contributed by atoms with Crippen molar-refractivity contribution in [3.8, 4) is 17.0 Å². The molecular weight excluding hydrogens is 411 g/mol. The van der Waals surface area contributed by atoms with Gasteiger partial charge in [0.1, 0.15) is 16.5 Å². The molecule has 3 aromatic rings. The molecule has 0 saturated carbocycles. The molecule has 2 N–H and O–H groups in total. The minimum Gasteiger partial charge on any atom is -0.482 e. The third-order valence-corrected chi connectivity index (χ3v) is 5.91. The Morgan fingerprint density at radius 2 is 1.97 bits per heavy atom. The highest BCUT2D eigenvalue weighted by molar-refractivity contribution is 7.90. The van der Waals surface area contributed by atoms with E-state index in [0.717, 1.165) is 3.97 Å². The molecule has 8 nitrogen and oxygen atoms in total. The van der Waals surface area contributed by atoms with Gasteiger partial charge < -0.3 is 15.4 Å². The summed E-state index contributed by atoms with van der Waals surface area (Å²) in [6.45, 7) is 0.121. The molecule has 158 valence electrons. The zero-order valence-electron chi connectivity index (χ0n) is 16.4. The van der Waals surface area contributed by atoms with Gasteiger partial charge in [0.25, 0.3) is 15.9 Å². The molecule has 2 heterocycles. The molecule has 0 fully saturated rings. The zero-order valence-corrected chi connectivity index (χ0v) is 17.2. The van der Waals surface area contributed by atoms with Crippen molar-refractivity contribution in [3.63, 3.8) is 0 Å². The van der Waals surface area contributed by atoms with Gasteiger partial charge in [-0.1, -0.05) is 12.1 Å². The topological polar surface area (TPSA) is 102 Å². The standard InChI is InChI=1S/C20H21FN4O4S/c1-22-9-14-7-19(17-5-3-4-6-18(17)21)25(12-14)30(27,28)16-8-15(10-24-11-16)29-13-20(26)23-2/h3-8,10-12,22H,9,13H2,1-2H3,(H,23,26). The number of likely N-dealkylation sites (N-methyl/N-ethyl adjacent to an activating group) is 1. The average Bonchev–Trinajstić information content (AvgIpc) is 3.17. The lowest BCUT2D eigenvalue weighted by atomic mass is 10.1. The summed E-state index contributed by atoms with van der Waals surface area (Å²) in [5.41, 5.74) is 1.01. The van der Waals surface area contributed by atoms with Crippen molar-refractivity contribution >= 4 is 15.9 Å². The van der Waals surface area contributed by atoms with Crippen molar-refractivity contribution in [1.82, 2.24) is 19.6 Å². The Kier molecular flexibility index (Phi) is 6.48. The highest BCUT2D eigenvalue weighted by Gasteiger charge is 2.24. The van der Waals surface area contributed by atoms with Crippen LogP contribution in [0.1, 0.15) is 5.56 Å². The fraction of sp³-hybridized carbons (Fsp3) is 0.200. The second-order valence-electron chi connectivity index (χ2n) is 6.36. The lowest BCUT2D eigenvalue weighted by molar-refractivity contribution is -0.122. The number of hydrogen-bond acceptors (Lipinski definition) is 6. The van der Waals surface area contributed by atoms with Gasteiger partial charge in [0.15, 0.2) is 6.61 Å². The van der Waals surface area contributed by atoms with Crippen LogP contribution in [-0.4, -0.2) is 44.0 Å². The van der Waals surface area contributed by atoms with E-state index in [9.17, 15) is 17.6 Å². The average molecular weight is 432 g/mol. The minimum absolute atomic E-state index is 0.120. The van der Waals surface area contributed by atoms with E-state index >= 15 is 0 Å². The lowest BCUT2D eigenvalue weighted by Crippen LogP contribution is -2.25. The van der Waals surface area contributed by atoms with E-state index < -0.39 is 15.8 Å². The Morgan fingerprint density at radius 1 is 1.20 bits per heavy atom. The van der Waals surface area contributed by atoms with Crippen molar-refractivity contribution in [2.24, 2.45) is 0 Å². The first kappa shape index (κ1) is 21.5. The summed E-state index contributed by atoms with van der Waals surface area (Å²) in [4.78, 5) is 15.1. The molecule has 0 spiro atoms. The molecule has 0 aliphatic rings. The van der Waals surface area contributed by atoms with Crippen molar-refractivity contribution in [2.75, 3.05) is 20.7 Å². The number of amides is 1.